The monoisotopic (exact) mass is 294 g/mol. The van der Waals surface area contributed by atoms with E-state index in [9.17, 15) is 4.79 Å². The van der Waals surface area contributed by atoms with E-state index in [0.717, 1.165) is 36.6 Å². The normalized spacial score (nSPS) is 18.1. The maximum Gasteiger partial charge on any atom is 0.224 e. The predicted octanol–water partition coefficient (Wildman–Crippen LogP) is 1.47. The number of rotatable bonds is 7. The molecule has 0 spiro atoms. The van der Waals surface area contributed by atoms with Crippen LogP contribution in [0.5, 0.6) is 0 Å². The van der Waals surface area contributed by atoms with Crippen molar-refractivity contribution in [1.29, 1.82) is 0 Å². The number of aromatic nitrogens is 2. The highest BCUT2D eigenvalue weighted by atomic mass is 16.5. The van der Waals surface area contributed by atoms with Crippen LogP contribution in [-0.4, -0.2) is 42.5 Å². The van der Waals surface area contributed by atoms with Crippen molar-refractivity contribution >= 4 is 11.6 Å². The molecule has 118 valence electrons. The van der Waals surface area contributed by atoms with Crippen molar-refractivity contribution in [2.24, 2.45) is 5.92 Å². The Morgan fingerprint density at radius 3 is 3.00 bits per heavy atom. The summed E-state index contributed by atoms with van der Waals surface area (Å²) in [4.78, 5) is 12.1. The van der Waals surface area contributed by atoms with Crippen LogP contribution in [0.15, 0.2) is 0 Å². The minimum absolute atomic E-state index is 0.0828. The molecule has 6 nitrogen and oxygen atoms in total. The summed E-state index contributed by atoms with van der Waals surface area (Å²) in [7, 11) is 1.67. The highest BCUT2D eigenvalue weighted by Crippen LogP contribution is 2.21. The zero-order chi connectivity index (χ0) is 15.2. The van der Waals surface area contributed by atoms with Crippen molar-refractivity contribution in [3.63, 3.8) is 0 Å². The summed E-state index contributed by atoms with van der Waals surface area (Å²) in [6.07, 6.45) is 2.71. The van der Waals surface area contributed by atoms with Gasteiger partial charge >= 0.3 is 0 Å². The minimum atomic E-state index is 0.0828. The number of carbonyl (C=O) groups excluding carboxylic acids is 1. The third-order valence-electron chi connectivity index (χ3n) is 4.10. The average Bonchev–Trinajstić information content (AvgIpc) is 3.07. The first kappa shape index (κ1) is 16.0. The summed E-state index contributed by atoms with van der Waals surface area (Å²) in [5.41, 5.74) is 2.69. The lowest BCUT2D eigenvalue weighted by Crippen LogP contribution is -2.16. The standard InChI is InChI=1S/C15H26N4O2/c1-11-15(12(2)19(18-11)8-9-21-3)17-14(20)5-4-13-6-7-16-10-13/h13,16H,4-10H2,1-3H3,(H,17,20). The van der Waals surface area contributed by atoms with Crippen molar-refractivity contribution in [2.75, 3.05) is 32.1 Å². The highest BCUT2D eigenvalue weighted by molar-refractivity contribution is 5.91. The predicted molar refractivity (Wildman–Crippen MR) is 82.4 cm³/mol. The van der Waals surface area contributed by atoms with Gasteiger partial charge in [0, 0.05) is 13.5 Å². The molecule has 1 amide bonds. The second-order valence-electron chi connectivity index (χ2n) is 5.71. The number of nitrogens with zero attached hydrogens (tertiary/aromatic N) is 2. The highest BCUT2D eigenvalue weighted by Gasteiger charge is 2.17. The van der Waals surface area contributed by atoms with Gasteiger partial charge < -0.3 is 15.4 Å². The van der Waals surface area contributed by atoms with Gasteiger partial charge in [0.1, 0.15) is 0 Å². The van der Waals surface area contributed by atoms with E-state index < -0.39 is 0 Å². The molecule has 2 heterocycles. The van der Waals surface area contributed by atoms with E-state index in [4.69, 9.17) is 4.74 Å². The SMILES string of the molecule is COCCn1nc(C)c(NC(=O)CCC2CCNC2)c1C. The first-order valence-corrected chi connectivity index (χ1v) is 7.65. The second-order valence-corrected chi connectivity index (χ2v) is 5.71. The Hall–Kier alpha value is -1.40. The second kappa shape index (κ2) is 7.56. The van der Waals surface area contributed by atoms with Crippen LogP contribution in [0.3, 0.4) is 0 Å². The third kappa shape index (κ3) is 4.28. The molecule has 0 saturated carbocycles. The lowest BCUT2D eigenvalue weighted by Gasteiger charge is -2.09. The summed E-state index contributed by atoms with van der Waals surface area (Å²) in [5.74, 6) is 0.724. The van der Waals surface area contributed by atoms with Crippen LogP contribution in [0.25, 0.3) is 0 Å². The zero-order valence-corrected chi connectivity index (χ0v) is 13.2. The van der Waals surface area contributed by atoms with Crippen LogP contribution in [0.1, 0.15) is 30.7 Å². The molecular weight excluding hydrogens is 268 g/mol. The Bertz CT molecular complexity index is 478. The zero-order valence-electron chi connectivity index (χ0n) is 13.2. The van der Waals surface area contributed by atoms with Crippen LogP contribution in [0.2, 0.25) is 0 Å². The first-order chi connectivity index (χ1) is 10.1. The Morgan fingerprint density at radius 1 is 1.52 bits per heavy atom. The Labute approximate surface area is 126 Å². The van der Waals surface area contributed by atoms with Crippen molar-refractivity contribution in [3.05, 3.63) is 11.4 Å². The largest absolute Gasteiger partial charge is 0.383 e. The van der Waals surface area contributed by atoms with Gasteiger partial charge in [-0.3, -0.25) is 9.48 Å². The van der Waals surface area contributed by atoms with Gasteiger partial charge in [-0.2, -0.15) is 5.10 Å². The number of hydrogen-bond donors (Lipinski definition) is 2. The van der Waals surface area contributed by atoms with Crippen molar-refractivity contribution in [1.82, 2.24) is 15.1 Å². The molecule has 21 heavy (non-hydrogen) atoms. The number of methoxy groups -OCH3 is 1. The van der Waals surface area contributed by atoms with Gasteiger partial charge in [0.05, 0.1) is 30.2 Å². The van der Waals surface area contributed by atoms with E-state index in [2.05, 4.69) is 15.7 Å². The third-order valence-corrected chi connectivity index (χ3v) is 4.10. The van der Waals surface area contributed by atoms with Crippen molar-refractivity contribution in [2.45, 2.75) is 39.7 Å². The molecular formula is C15H26N4O2. The summed E-state index contributed by atoms with van der Waals surface area (Å²) in [5, 5.41) is 10.8. The molecule has 1 atom stereocenters. The maximum absolute atomic E-state index is 12.1. The minimum Gasteiger partial charge on any atom is -0.383 e. The van der Waals surface area contributed by atoms with Crippen LogP contribution < -0.4 is 10.6 Å². The smallest absolute Gasteiger partial charge is 0.224 e. The van der Waals surface area contributed by atoms with E-state index in [0.29, 0.717) is 25.5 Å². The molecule has 1 aromatic rings. The van der Waals surface area contributed by atoms with Gasteiger partial charge in [-0.1, -0.05) is 0 Å². The molecule has 0 radical (unpaired) electrons. The Balaban J connectivity index is 1.88. The van der Waals surface area contributed by atoms with Gasteiger partial charge in [-0.05, 0) is 45.7 Å². The molecule has 0 aliphatic carbocycles. The molecule has 1 aliphatic rings. The number of ether oxygens (including phenoxy) is 1. The fraction of sp³-hybridized carbons (Fsp3) is 0.733. The first-order valence-electron chi connectivity index (χ1n) is 7.65. The molecule has 1 aromatic heterocycles. The number of hydrogen-bond acceptors (Lipinski definition) is 4. The molecule has 1 aliphatic heterocycles. The van der Waals surface area contributed by atoms with Crippen molar-refractivity contribution in [3.8, 4) is 0 Å². The summed E-state index contributed by atoms with van der Waals surface area (Å²) in [6.45, 7) is 7.34. The molecule has 2 N–H and O–H groups in total. The summed E-state index contributed by atoms with van der Waals surface area (Å²) >= 11 is 0. The number of amides is 1. The van der Waals surface area contributed by atoms with Crippen LogP contribution in [0.4, 0.5) is 5.69 Å². The fourth-order valence-electron chi connectivity index (χ4n) is 2.77. The summed E-state index contributed by atoms with van der Waals surface area (Å²) < 4.78 is 6.96. The van der Waals surface area contributed by atoms with Gasteiger partial charge in [-0.15, -0.1) is 0 Å². The van der Waals surface area contributed by atoms with E-state index in [-0.39, 0.29) is 5.91 Å². The number of anilines is 1. The van der Waals surface area contributed by atoms with Crippen LogP contribution in [0, 0.1) is 19.8 Å². The molecule has 0 bridgehead atoms. The fourth-order valence-corrected chi connectivity index (χ4v) is 2.77. The van der Waals surface area contributed by atoms with Gasteiger partial charge in [0.2, 0.25) is 5.91 Å². The van der Waals surface area contributed by atoms with E-state index in [1.165, 1.54) is 6.42 Å². The molecule has 0 aromatic carbocycles. The molecule has 6 heteroatoms. The Morgan fingerprint density at radius 2 is 2.33 bits per heavy atom. The maximum atomic E-state index is 12.1. The van der Waals surface area contributed by atoms with Gasteiger partial charge in [-0.25, -0.2) is 0 Å². The van der Waals surface area contributed by atoms with E-state index >= 15 is 0 Å². The Kier molecular flexibility index (Phi) is 5.76. The van der Waals surface area contributed by atoms with E-state index in [1.54, 1.807) is 7.11 Å². The number of carbonyl (C=O) groups is 1. The van der Waals surface area contributed by atoms with Gasteiger partial charge in [0.25, 0.3) is 0 Å². The molecule has 2 rings (SSSR count). The van der Waals surface area contributed by atoms with Crippen molar-refractivity contribution < 1.29 is 9.53 Å². The lowest BCUT2D eigenvalue weighted by molar-refractivity contribution is -0.116. The lowest BCUT2D eigenvalue weighted by atomic mass is 10.0. The number of aryl methyl sites for hydroxylation is 1. The molecule has 1 saturated heterocycles. The quantitative estimate of drug-likeness (QED) is 0.799. The molecule has 1 fully saturated rings. The van der Waals surface area contributed by atoms with E-state index in [1.807, 2.05) is 18.5 Å². The topological polar surface area (TPSA) is 68.2 Å². The average molecular weight is 294 g/mol. The number of nitrogens with one attached hydrogen (secondary N) is 2. The van der Waals surface area contributed by atoms with Crippen LogP contribution >= 0.6 is 0 Å². The van der Waals surface area contributed by atoms with Crippen LogP contribution in [-0.2, 0) is 16.1 Å². The summed E-state index contributed by atoms with van der Waals surface area (Å²) in [6, 6.07) is 0. The molecule has 1 unspecified atom stereocenters. The van der Waals surface area contributed by atoms with Gasteiger partial charge in [0.15, 0.2) is 0 Å².